The van der Waals surface area contributed by atoms with Crippen LogP contribution in [-0.2, 0) is 17.6 Å². The molecule has 1 aliphatic carbocycles. The maximum atomic E-state index is 13.4. The van der Waals surface area contributed by atoms with E-state index in [1.165, 1.54) is 18.6 Å². The summed E-state index contributed by atoms with van der Waals surface area (Å²) in [7, 11) is 0. The minimum atomic E-state index is -3.12. The first kappa shape index (κ1) is 23.0. The number of halogens is 2. The number of carbonyl (C=O) groups is 1. The molecule has 3 rings (SSSR count). The zero-order valence-corrected chi connectivity index (χ0v) is 17.0. The van der Waals surface area contributed by atoms with E-state index in [0.717, 1.165) is 37.4 Å². The van der Waals surface area contributed by atoms with Crippen molar-refractivity contribution in [3.63, 3.8) is 0 Å². The molecule has 1 aromatic heterocycles. The summed E-state index contributed by atoms with van der Waals surface area (Å²) in [5.41, 5.74) is 1.69. The van der Waals surface area contributed by atoms with Gasteiger partial charge in [0.25, 0.3) is 12.3 Å². The first-order valence-corrected chi connectivity index (χ1v) is 10.0. The van der Waals surface area contributed by atoms with E-state index in [-0.39, 0.29) is 5.82 Å². The Morgan fingerprint density at radius 1 is 1.26 bits per heavy atom. The third-order valence-electron chi connectivity index (χ3n) is 5.20. The number of aliphatic hydroxyl groups is 2. The summed E-state index contributed by atoms with van der Waals surface area (Å²) < 4.78 is 32.5. The van der Waals surface area contributed by atoms with Gasteiger partial charge >= 0.3 is 5.69 Å². The smallest absolute Gasteiger partial charge is 0.351 e. The van der Waals surface area contributed by atoms with Crippen LogP contribution in [0.15, 0.2) is 35.3 Å². The van der Waals surface area contributed by atoms with Gasteiger partial charge in [-0.25, -0.2) is 13.6 Å². The summed E-state index contributed by atoms with van der Waals surface area (Å²) in [6.45, 7) is 0.557. The lowest BCUT2D eigenvalue weighted by Crippen LogP contribution is -2.39. The van der Waals surface area contributed by atoms with Gasteiger partial charge in [0.1, 0.15) is 11.9 Å². The van der Waals surface area contributed by atoms with E-state index in [1.54, 1.807) is 6.07 Å². The van der Waals surface area contributed by atoms with Gasteiger partial charge in [-0.1, -0.05) is 6.07 Å². The fourth-order valence-electron chi connectivity index (χ4n) is 3.47. The highest BCUT2D eigenvalue weighted by Gasteiger charge is 2.30. The Morgan fingerprint density at radius 2 is 1.97 bits per heavy atom. The highest BCUT2D eigenvalue weighted by molar-refractivity contribution is 6.03. The Hall–Kier alpha value is -2.69. The molecule has 1 aromatic carbocycles. The molecule has 31 heavy (non-hydrogen) atoms. The number of anilines is 1. The largest absolute Gasteiger partial charge is 0.394 e. The molecule has 8 nitrogen and oxygen atoms in total. The lowest BCUT2D eigenvalue weighted by molar-refractivity contribution is -0.168. The number of carbonyl (C=O) groups excluding carboxylic acids is 1. The monoisotopic (exact) mass is 437 g/mol. The second kappa shape index (κ2) is 10.1. The third kappa shape index (κ3) is 5.52. The van der Waals surface area contributed by atoms with Gasteiger partial charge in [-0.05, 0) is 61.9 Å². The van der Waals surface area contributed by atoms with Crippen molar-refractivity contribution < 1.29 is 28.5 Å². The molecule has 0 saturated carbocycles. The van der Waals surface area contributed by atoms with Crippen molar-refractivity contribution in [2.75, 3.05) is 11.9 Å². The standard InChI is InChI=1S/C21H25F2N3O5/c1-12(28)16(11-27)31-20(18(22)23)26-9-8-17(25-21(26)30)24-19(29)15-7-6-13-4-2-3-5-14(13)10-15/h6-10,12,16,18,20,27-28H,2-5,11H2,1H3,(H,24,25,29,30). The zero-order chi connectivity index (χ0) is 22.5. The number of hydrogen-bond acceptors (Lipinski definition) is 6. The number of alkyl halides is 2. The fourth-order valence-corrected chi connectivity index (χ4v) is 3.47. The van der Waals surface area contributed by atoms with E-state index >= 15 is 0 Å². The minimum Gasteiger partial charge on any atom is -0.394 e. The van der Waals surface area contributed by atoms with E-state index in [2.05, 4.69) is 10.3 Å². The van der Waals surface area contributed by atoms with Gasteiger partial charge in [-0.3, -0.25) is 9.36 Å². The Kier molecular flexibility index (Phi) is 7.47. The molecule has 0 spiro atoms. The predicted molar refractivity (Wildman–Crippen MR) is 108 cm³/mol. The van der Waals surface area contributed by atoms with Crippen LogP contribution in [0.3, 0.4) is 0 Å². The molecule has 1 aliphatic rings. The number of fused-ring (bicyclic) bond motifs is 1. The van der Waals surface area contributed by atoms with Crippen molar-refractivity contribution in [2.45, 2.75) is 57.5 Å². The van der Waals surface area contributed by atoms with Gasteiger partial charge in [-0.2, -0.15) is 4.98 Å². The number of hydrogen-bond donors (Lipinski definition) is 3. The molecule has 1 heterocycles. The number of aromatic nitrogens is 2. The molecular weight excluding hydrogens is 412 g/mol. The Morgan fingerprint density at radius 3 is 2.58 bits per heavy atom. The van der Waals surface area contributed by atoms with Crippen molar-refractivity contribution in [1.29, 1.82) is 0 Å². The van der Waals surface area contributed by atoms with Crippen molar-refractivity contribution >= 4 is 11.7 Å². The van der Waals surface area contributed by atoms with Gasteiger partial charge in [0.2, 0.25) is 0 Å². The van der Waals surface area contributed by atoms with Crippen LogP contribution >= 0.6 is 0 Å². The van der Waals surface area contributed by atoms with Crippen molar-refractivity contribution in [2.24, 2.45) is 0 Å². The first-order chi connectivity index (χ1) is 14.8. The molecule has 1 amide bonds. The molecule has 0 fully saturated rings. The summed E-state index contributed by atoms with van der Waals surface area (Å²) in [6.07, 6.45) is -2.63. The molecule has 10 heteroatoms. The summed E-state index contributed by atoms with van der Waals surface area (Å²) in [6, 6.07) is 6.63. The van der Waals surface area contributed by atoms with Gasteiger partial charge in [0.15, 0.2) is 6.23 Å². The molecule has 3 unspecified atom stereocenters. The number of rotatable bonds is 8. The van der Waals surface area contributed by atoms with Crippen molar-refractivity contribution in [1.82, 2.24) is 9.55 Å². The van der Waals surface area contributed by atoms with Gasteiger partial charge in [0, 0.05) is 11.8 Å². The van der Waals surface area contributed by atoms with E-state index < -0.39 is 43.1 Å². The number of nitrogens with one attached hydrogen (secondary N) is 1. The summed E-state index contributed by atoms with van der Waals surface area (Å²) >= 11 is 0. The number of ether oxygens (including phenoxy) is 1. The van der Waals surface area contributed by atoms with Crippen LogP contribution in [0.5, 0.6) is 0 Å². The average Bonchev–Trinajstić information content (AvgIpc) is 2.74. The Labute approximate surface area is 177 Å². The van der Waals surface area contributed by atoms with Crippen LogP contribution in [0.1, 0.15) is 47.5 Å². The van der Waals surface area contributed by atoms with Crippen LogP contribution < -0.4 is 11.0 Å². The third-order valence-corrected chi connectivity index (χ3v) is 5.20. The van der Waals surface area contributed by atoms with E-state index in [4.69, 9.17) is 4.74 Å². The first-order valence-electron chi connectivity index (χ1n) is 10.0. The highest BCUT2D eigenvalue weighted by Crippen LogP contribution is 2.23. The number of aliphatic hydroxyl groups excluding tert-OH is 2. The van der Waals surface area contributed by atoms with Crippen LogP contribution in [0.4, 0.5) is 14.6 Å². The number of amides is 1. The molecule has 0 aliphatic heterocycles. The summed E-state index contributed by atoms with van der Waals surface area (Å²) in [5.74, 6) is -0.555. The average molecular weight is 437 g/mol. The van der Waals surface area contributed by atoms with Crippen molar-refractivity contribution in [3.05, 3.63) is 57.6 Å². The predicted octanol–water partition coefficient (Wildman–Crippen LogP) is 1.90. The van der Waals surface area contributed by atoms with E-state index in [9.17, 15) is 28.6 Å². The second-order valence-electron chi connectivity index (χ2n) is 7.47. The molecule has 3 atom stereocenters. The normalized spacial score (nSPS) is 16.5. The van der Waals surface area contributed by atoms with Crippen LogP contribution in [0, 0.1) is 0 Å². The molecular formula is C21H25F2N3O5. The van der Waals surface area contributed by atoms with Gasteiger partial charge in [-0.15, -0.1) is 0 Å². The zero-order valence-electron chi connectivity index (χ0n) is 17.0. The molecule has 2 aromatic rings. The topological polar surface area (TPSA) is 114 Å². The number of aryl methyl sites for hydroxylation is 2. The maximum absolute atomic E-state index is 13.4. The molecule has 0 radical (unpaired) electrons. The van der Waals surface area contributed by atoms with E-state index in [1.807, 2.05) is 12.1 Å². The van der Waals surface area contributed by atoms with Crippen LogP contribution in [0.2, 0.25) is 0 Å². The second-order valence-corrected chi connectivity index (χ2v) is 7.47. The molecule has 168 valence electrons. The molecule has 0 bridgehead atoms. The lowest BCUT2D eigenvalue weighted by atomic mass is 9.90. The summed E-state index contributed by atoms with van der Waals surface area (Å²) in [4.78, 5) is 28.5. The van der Waals surface area contributed by atoms with Crippen LogP contribution in [-0.4, -0.2) is 50.9 Å². The number of nitrogens with zero attached hydrogens (tertiary/aromatic N) is 2. The quantitative estimate of drug-likeness (QED) is 0.581. The molecule has 3 N–H and O–H groups in total. The maximum Gasteiger partial charge on any atom is 0.351 e. The van der Waals surface area contributed by atoms with Gasteiger partial charge < -0.3 is 20.3 Å². The van der Waals surface area contributed by atoms with Crippen molar-refractivity contribution in [3.8, 4) is 0 Å². The van der Waals surface area contributed by atoms with E-state index in [0.29, 0.717) is 10.1 Å². The fraction of sp³-hybridized carbons (Fsp3) is 0.476. The molecule has 0 saturated heterocycles. The summed E-state index contributed by atoms with van der Waals surface area (Å²) in [5, 5.41) is 21.2. The van der Waals surface area contributed by atoms with Gasteiger partial charge in [0.05, 0.1) is 12.7 Å². The Balaban J connectivity index is 1.76. The minimum absolute atomic E-state index is 0.0915. The SMILES string of the molecule is CC(O)C(CO)OC(C(F)F)n1ccc(NC(=O)c2ccc3c(c2)CCCC3)nc1=O. The number of benzene rings is 1. The van der Waals surface area contributed by atoms with Crippen LogP contribution in [0.25, 0.3) is 0 Å². The Bertz CT molecular complexity index is 980. The highest BCUT2D eigenvalue weighted by atomic mass is 19.3. The lowest BCUT2D eigenvalue weighted by Gasteiger charge is -2.26.